The Kier molecular flexibility index (Phi) is 6.46. The maximum atomic E-state index is 13.0. The number of imide groups is 2. The Labute approximate surface area is 216 Å². The van der Waals surface area contributed by atoms with Crippen LogP contribution in [-0.4, -0.2) is 17.8 Å². The lowest BCUT2D eigenvalue weighted by atomic mass is 10.1. The summed E-state index contributed by atoms with van der Waals surface area (Å²) < 4.78 is 5.95. The predicted molar refractivity (Wildman–Crippen MR) is 140 cm³/mol. The van der Waals surface area contributed by atoms with Gasteiger partial charge in [-0.15, -0.1) is 0 Å². The summed E-state index contributed by atoms with van der Waals surface area (Å²) in [5.74, 6) is -1.27. The molecule has 4 aromatic rings. The number of urea groups is 1. The summed E-state index contributed by atoms with van der Waals surface area (Å²) in [6.45, 7) is 0.246. The molecular weight excluding hydrogens is 499 g/mol. The number of nitrogens with zero attached hydrogens (tertiary/aromatic N) is 1. The zero-order valence-corrected chi connectivity index (χ0v) is 20.2. The lowest BCUT2D eigenvalue weighted by Crippen LogP contribution is -2.54. The molecule has 6 nitrogen and oxygen atoms in total. The molecule has 4 amide bonds. The lowest BCUT2D eigenvalue weighted by Gasteiger charge is -2.26. The first-order valence-corrected chi connectivity index (χ1v) is 11.7. The van der Waals surface area contributed by atoms with Crippen molar-refractivity contribution in [3.05, 3.63) is 112 Å². The monoisotopic (exact) mass is 516 g/mol. The Hall–Kier alpha value is -4.13. The number of carbonyl (C=O) groups excluding carboxylic acids is 3. The van der Waals surface area contributed by atoms with Gasteiger partial charge in [-0.3, -0.25) is 14.9 Å². The number of amides is 4. The van der Waals surface area contributed by atoms with E-state index < -0.39 is 17.8 Å². The van der Waals surface area contributed by atoms with E-state index in [1.54, 1.807) is 42.5 Å². The van der Waals surface area contributed by atoms with Gasteiger partial charge in [-0.25, -0.2) is 9.69 Å². The van der Waals surface area contributed by atoms with Gasteiger partial charge >= 0.3 is 6.03 Å². The Balaban J connectivity index is 1.42. The molecule has 1 heterocycles. The minimum atomic E-state index is -0.818. The van der Waals surface area contributed by atoms with Gasteiger partial charge in [0.1, 0.15) is 12.2 Å². The van der Waals surface area contributed by atoms with Crippen LogP contribution in [0.1, 0.15) is 11.1 Å². The number of hydrogen-bond donors (Lipinski definition) is 1. The highest BCUT2D eigenvalue weighted by Gasteiger charge is 2.36. The number of halogens is 2. The van der Waals surface area contributed by atoms with Crippen molar-refractivity contribution in [1.82, 2.24) is 5.32 Å². The minimum absolute atomic E-state index is 0.217. The van der Waals surface area contributed by atoms with E-state index in [0.29, 0.717) is 11.3 Å². The molecule has 0 aromatic heterocycles. The Morgan fingerprint density at radius 1 is 0.833 bits per heavy atom. The molecule has 5 rings (SSSR count). The average Bonchev–Trinajstić information content (AvgIpc) is 2.86. The van der Waals surface area contributed by atoms with Crippen LogP contribution in [0.15, 0.2) is 90.5 Å². The van der Waals surface area contributed by atoms with Crippen molar-refractivity contribution in [3.63, 3.8) is 0 Å². The van der Waals surface area contributed by atoms with E-state index in [1.165, 1.54) is 6.08 Å². The Morgan fingerprint density at radius 3 is 2.25 bits per heavy atom. The van der Waals surface area contributed by atoms with Gasteiger partial charge in [0.15, 0.2) is 5.75 Å². The quantitative estimate of drug-likeness (QED) is 0.246. The third-order valence-corrected chi connectivity index (χ3v) is 6.26. The number of hydrogen-bond acceptors (Lipinski definition) is 4. The molecule has 36 heavy (non-hydrogen) atoms. The first kappa shape index (κ1) is 23.6. The number of para-hydroxylation sites is 1. The van der Waals surface area contributed by atoms with Crippen LogP contribution in [-0.2, 0) is 16.2 Å². The van der Waals surface area contributed by atoms with Crippen molar-refractivity contribution in [1.29, 1.82) is 0 Å². The maximum absolute atomic E-state index is 13.0. The van der Waals surface area contributed by atoms with Crippen molar-refractivity contribution >= 4 is 63.6 Å². The minimum Gasteiger partial charge on any atom is -0.486 e. The number of fused-ring (bicyclic) bond motifs is 1. The number of benzene rings is 4. The van der Waals surface area contributed by atoms with Crippen molar-refractivity contribution in [2.75, 3.05) is 4.90 Å². The van der Waals surface area contributed by atoms with Gasteiger partial charge < -0.3 is 4.74 Å². The second-order valence-corrected chi connectivity index (χ2v) is 8.85. The zero-order chi connectivity index (χ0) is 25.2. The number of ether oxygens (including phenoxy) is 1. The molecule has 0 saturated carbocycles. The van der Waals surface area contributed by atoms with Gasteiger partial charge in [0.25, 0.3) is 11.8 Å². The van der Waals surface area contributed by atoms with Crippen molar-refractivity contribution in [2.24, 2.45) is 0 Å². The highest BCUT2D eigenvalue weighted by atomic mass is 35.5. The largest absolute Gasteiger partial charge is 0.486 e. The summed E-state index contributed by atoms with van der Waals surface area (Å²) in [6.07, 6.45) is 1.34. The van der Waals surface area contributed by atoms with E-state index in [1.807, 2.05) is 42.5 Å². The molecule has 0 atom stereocenters. The number of rotatable bonds is 5. The molecule has 1 fully saturated rings. The fourth-order valence-electron chi connectivity index (χ4n) is 4.00. The SMILES string of the molecule is O=C1NC(=O)N(c2ccccc2)C(=O)/C1=C/c1cc(Cl)c(OCc2cccc3ccccc23)c(Cl)c1. The summed E-state index contributed by atoms with van der Waals surface area (Å²) in [4.78, 5) is 38.7. The van der Waals surface area contributed by atoms with Gasteiger partial charge in [0.05, 0.1) is 15.7 Å². The second-order valence-electron chi connectivity index (χ2n) is 8.03. The molecule has 0 unspecified atom stereocenters. The van der Waals surface area contributed by atoms with Crippen molar-refractivity contribution in [3.8, 4) is 5.75 Å². The van der Waals surface area contributed by atoms with E-state index in [-0.39, 0.29) is 28.0 Å². The fraction of sp³-hybridized carbons (Fsp3) is 0.0357. The van der Waals surface area contributed by atoms with Crippen LogP contribution >= 0.6 is 23.2 Å². The highest BCUT2D eigenvalue weighted by Crippen LogP contribution is 2.36. The van der Waals surface area contributed by atoms with E-state index in [0.717, 1.165) is 21.2 Å². The molecule has 178 valence electrons. The van der Waals surface area contributed by atoms with Crippen molar-refractivity contribution < 1.29 is 19.1 Å². The predicted octanol–water partition coefficient (Wildman–Crippen LogP) is 6.39. The molecule has 0 radical (unpaired) electrons. The smallest absolute Gasteiger partial charge is 0.335 e. The van der Waals surface area contributed by atoms with Gasteiger partial charge in [0, 0.05) is 0 Å². The highest BCUT2D eigenvalue weighted by molar-refractivity contribution is 6.40. The Bertz CT molecular complexity index is 1520. The number of carbonyl (C=O) groups is 3. The van der Waals surface area contributed by atoms with Crippen molar-refractivity contribution in [2.45, 2.75) is 6.61 Å². The second kappa shape index (κ2) is 9.85. The van der Waals surface area contributed by atoms with Crippen LogP contribution in [0.2, 0.25) is 10.0 Å². The first-order valence-electron chi connectivity index (χ1n) is 11.0. The summed E-state index contributed by atoms with van der Waals surface area (Å²) in [5, 5.41) is 4.78. The molecule has 0 bridgehead atoms. The van der Waals surface area contributed by atoms with E-state index in [4.69, 9.17) is 27.9 Å². The number of anilines is 1. The van der Waals surface area contributed by atoms with Gasteiger partial charge in [-0.05, 0) is 52.2 Å². The van der Waals surface area contributed by atoms with Crippen LogP contribution in [0, 0.1) is 0 Å². The molecule has 8 heteroatoms. The third-order valence-electron chi connectivity index (χ3n) is 5.70. The summed E-state index contributed by atoms with van der Waals surface area (Å²) in [5.41, 5.74) is 1.49. The van der Waals surface area contributed by atoms with Crippen LogP contribution in [0.4, 0.5) is 10.5 Å². The molecule has 1 N–H and O–H groups in total. The molecular formula is C28H18Cl2N2O4. The lowest BCUT2D eigenvalue weighted by molar-refractivity contribution is -0.122. The van der Waals surface area contributed by atoms with Crippen LogP contribution in [0.25, 0.3) is 16.8 Å². The van der Waals surface area contributed by atoms with E-state index in [2.05, 4.69) is 5.32 Å². The van der Waals surface area contributed by atoms with Crippen LogP contribution in [0.3, 0.4) is 0 Å². The number of barbiturate groups is 1. The normalized spacial score (nSPS) is 14.9. The zero-order valence-electron chi connectivity index (χ0n) is 18.7. The average molecular weight is 517 g/mol. The summed E-state index contributed by atoms with van der Waals surface area (Å²) in [7, 11) is 0. The molecule has 1 aliphatic heterocycles. The van der Waals surface area contributed by atoms with Gasteiger partial charge in [-0.1, -0.05) is 83.9 Å². The van der Waals surface area contributed by atoms with E-state index in [9.17, 15) is 14.4 Å². The van der Waals surface area contributed by atoms with Crippen LogP contribution < -0.4 is 15.0 Å². The molecule has 4 aromatic carbocycles. The summed E-state index contributed by atoms with van der Waals surface area (Å²) in [6, 6.07) is 24.5. The van der Waals surface area contributed by atoms with Crippen LogP contribution in [0.5, 0.6) is 5.75 Å². The first-order chi connectivity index (χ1) is 17.4. The standard InChI is InChI=1S/C28H18Cl2N2O4/c29-23-14-17(13-22-26(33)31-28(35)32(27(22)34)20-10-2-1-3-11-20)15-24(30)25(23)36-16-19-9-6-8-18-7-4-5-12-21(18)19/h1-15H,16H2,(H,31,33,35)/b22-13+. The maximum Gasteiger partial charge on any atom is 0.335 e. The van der Waals surface area contributed by atoms with Gasteiger partial charge in [-0.2, -0.15) is 0 Å². The van der Waals surface area contributed by atoms with E-state index >= 15 is 0 Å². The molecule has 1 aliphatic rings. The van der Waals surface area contributed by atoms with Gasteiger partial charge in [0.2, 0.25) is 0 Å². The fourth-order valence-corrected chi connectivity index (χ4v) is 4.62. The third kappa shape index (κ3) is 4.56. The number of nitrogens with one attached hydrogen (secondary N) is 1. The molecule has 0 aliphatic carbocycles. The molecule has 1 saturated heterocycles. The Morgan fingerprint density at radius 2 is 1.50 bits per heavy atom. The summed E-state index contributed by atoms with van der Waals surface area (Å²) >= 11 is 12.9. The topological polar surface area (TPSA) is 75.7 Å². The molecule has 0 spiro atoms.